The maximum absolute atomic E-state index is 11.7. The van der Waals surface area contributed by atoms with E-state index in [4.69, 9.17) is 10.8 Å². The molecule has 0 saturated carbocycles. The molecule has 0 heterocycles. The maximum Gasteiger partial charge on any atom is 0.224 e. The van der Waals surface area contributed by atoms with Crippen LogP contribution in [0.25, 0.3) is 0 Å². The van der Waals surface area contributed by atoms with E-state index in [1.807, 2.05) is 18.2 Å². The van der Waals surface area contributed by atoms with Crippen LogP contribution in [0.2, 0.25) is 0 Å². The van der Waals surface area contributed by atoms with Gasteiger partial charge in [0, 0.05) is 5.69 Å². The summed E-state index contributed by atoms with van der Waals surface area (Å²) in [5.41, 5.74) is 6.55. The number of aliphatic hydroxyl groups excluding tert-OH is 1. The summed E-state index contributed by atoms with van der Waals surface area (Å²) in [6, 6.07) is 7.26. The minimum Gasteiger partial charge on any atom is -0.398 e. The van der Waals surface area contributed by atoms with Crippen LogP contribution in [0.4, 0.5) is 5.69 Å². The number of rotatable bonds is 4. The molecule has 0 fully saturated rings. The Balaban J connectivity index is 2.62. The van der Waals surface area contributed by atoms with Crippen LogP contribution in [0.3, 0.4) is 0 Å². The molecule has 0 aliphatic carbocycles. The van der Waals surface area contributed by atoms with Crippen molar-refractivity contribution in [1.29, 1.82) is 0 Å². The fourth-order valence-corrected chi connectivity index (χ4v) is 1.33. The van der Waals surface area contributed by atoms with Gasteiger partial charge in [0.25, 0.3) is 0 Å². The summed E-state index contributed by atoms with van der Waals surface area (Å²) in [5, 5.41) is 11.8. The first-order valence-corrected chi connectivity index (χ1v) is 5.20. The Labute approximate surface area is 95.5 Å². The third-order valence-electron chi connectivity index (χ3n) is 2.28. The van der Waals surface area contributed by atoms with Gasteiger partial charge in [0.1, 0.15) is 0 Å². The molecule has 1 amide bonds. The van der Waals surface area contributed by atoms with E-state index in [0.29, 0.717) is 5.69 Å². The molecule has 0 aromatic heterocycles. The van der Waals surface area contributed by atoms with E-state index in [1.54, 1.807) is 19.9 Å². The molecule has 1 aromatic rings. The first-order chi connectivity index (χ1) is 7.44. The highest BCUT2D eigenvalue weighted by molar-refractivity contribution is 5.80. The summed E-state index contributed by atoms with van der Waals surface area (Å²) in [6.07, 6.45) is 0.232. The lowest BCUT2D eigenvalue weighted by Crippen LogP contribution is -2.46. The Morgan fingerprint density at radius 1 is 1.44 bits per heavy atom. The molecule has 16 heavy (non-hydrogen) atoms. The average molecular weight is 222 g/mol. The molecular weight excluding hydrogens is 204 g/mol. The lowest BCUT2D eigenvalue weighted by atomic mass is 10.1. The molecule has 88 valence electrons. The largest absolute Gasteiger partial charge is 0.398 e. The van der Waals surface area contributed by atoms with E-state index < -0.39 is 5.54 Å². The first-order valence-electron chi connectivity index (χ1n) is 5.20. The van der Waals surface area contributed by atoms with Gasteiger partial charge < -0.3 is 16.2 Å². The van der Waals surface area contributed by atoms with Gasteiger partial charge >= 0.3 is 0 Å². The molecular formula is C12H18N2O2. The number of aliphatic hydroxyl groups is 1. The standard InChI is InChI=1S/C12H18N2O2/c1-12(2,8-15)14-11(16)7-9-5-3-4-6-10(9)13/h3-6,15H,7-8,13H2,1-2H3,(H,14,16). The number of amides is 1. The van der Waals surface area contributed by atoms with Crippen LogP contribution in [-0.4, -0.2) is 23.2 Å². The van der Waals surface area contributed by atoms with Crippen LogP contribution in [0, 0.1) is 0 Å². The smallest absolute Gasteiger partial charge is 0.224 e. The summed E-state index contributed by atoms with van der Waals surface area (Å²) in [4.78, 5) is 11.7. The van der Waals surface area contributed by atoms with E-state index in [1.165, 1.54) is 0 Å². The summed E-state index contributed by atoms with van der Waals surface area (Å²) in [5.74, 6) is -0.142. The van der Waals surface area contributed by atoms with Crippen LogP contribution in [0.15, 0.2) is 24.3 Å². The average Bonchev–Trinajstić information content (AvgIpc) is 2.21. The van der Waals surface area contributed by atoms with Gasteiger partial charge in [-0.15, -0.1) is 0 Å². The second kappa shape index (κ2) is 4.99. The van der Waals surface area contributed by atoms with Crippen molar-refractivity contribution in [3.63, 3.8) is 0 Å². The minimum atomic E-state index is -0.597. The van der Waals surface area contributed by atoms with Crippen LogP contribution in [-0.2, 0) is 11.2 Å². The fourth-order valence-electron chi connectivity index (χ4n) is 1.33. The predicted octanol–water partition coefficient (Wildman–Crippen LogP) is 0.698. The number of carbonyl (C=O) groups is 1. The SMILES string of the molecule is CC(C)(CO)NC(=O)Cc1ccccc1N. The van der Waals surface area contributed by atoms with Crippen LogP contribution in [0.1, 0.15) is 19.4 Å². The second-order valence-corrected chi connectivity index (χ2v) is 4.47. The maximum atomic E-state index is 11.7. The van der Waals surface area contributed by atoms with Crippen molar-refractivity contribution in [3.8, 4) is 0 Å². The summed E-state index contributed by atoms with van der Waals surface area (Å²) >= 11 is 0. The Kier molecular flexibility index (Phi) is 3.90. The van der Waals surface area contributed by atoms with Gasteiger partial charge in [-0.1, -0.05) is 18.2 Å². The molecule has 1 rings (SSSR count). The van der Waals surface area contributed by atoms with Gasteiger partial charge in [0.05, 0.1) is 18.6 Å². The fraction of sp³-hybridized carbons (Fsp3) is 0.417. The Bertz CT molecular complexity index is 375. The van der Waals surface area contributed by atoms with Gasteiger partial charge in [0.15, 0.2) is 0 Å². The number of nitrogen functional groups attached to an aromatic ring is 1. The van der Waals surface area contributed by atoms with Gasteiger partial charge in [-0.3, -0.25) is 4.79 Å². The van der Waals surface area contributed by atoms with E-state index in [0.717, 1.165) is 5.56 Å². The quantitative estimate of drug-likeness (QED) is 0.656. The number of carbonyl (C=O) groups excluding carboxylic acids is 1. The normalized spacial score (nSPS) is 11.2. The molecule has 0 aliphatic heterocycles. The van der Waals surface area contributed by atoms with Gasteiger partial charge in [-0.2, -0.15) is 0 Å². The number of hydrogen-bond acceptors (Lipinski definition) is 3. The molecule has 4 nitrogen and oxygen atoms in total. The Morgan fingerprint density at radius 3 is 2.62 bits per heavy atom. The molecule has 0 radical (unpaired) electrons. The van der Waals surface area contributed by atoms with Gasteiger partial charge in [0.2, 0.25) is 5.91 Å². The molecule has 4 heteroatoms. The third kappa shape index (κ3) is 3.55. The highest BCUT2D eigenvalue weighted by Gasteiger charge is 2.19. The zero-order valence-corrected chi connectivity index (χ0v) is 9.66. The third-order valence-corrected chi connectivity index (χ3v) is 2.28. The molecule has 0 bridgehead atoms. The van der Waals surface area contributed by atoms with E-state index in [-0.39, 0.29) is 18.9 Å². The van der Waals surface area contributed by atoms with E-state index in [9.17, 15) is 4.79 Å². The monoisotopic (exact) mass is 222 g/mol. The number of nitrogens with one attached hydrogen (secondary N) is 1. The van der Waals surface area contributed by atoms with Crippen molar-refractivity contribution >= 4 is 11.6 Å². The van der Waals surface area contributed by atoms with Crippen molar-refractivity contribution in [3.05, 3.63) is 29.8 Å². The number of hydrogen-bond donors (Lipinski definition) is 3. The van der Waals surface area contributed by atoms with Crippen molar-refractivity contribution in [1.82, 2.24) is 5.32 Å². The molecule has 0 aliphatic rings. The number of nitrogens with two attached hydrogens (primary N) is 1. The predicted molar refractivity (Wildman–Crippen MR) is 63.9 cm³/mol. The van der Waals surface area contributed by atoms with Crippen molar-refractivity contribution in [2.24, 2.45) is 0 Å². The zero-order valence-electron chi connectivity index (χ0n) is 9.66. The van der Waals surface area contributed by atoms with Crippen molar-refractivity contribution < 1.29 is 9.90 Å². The second-order valence-electron chi connectivity index (χ2n) is 4.47. The number of benzene rings is 1. The molecule has 1 aromatic carbocycles. The number of anilines is 1. The summed E-state index contributed by atoms with van der Waals surface area (Å²) < 4.78 is 0. The van der Waals surface area contributed by atoms with Gasteiger partial charge in [-0.05, 0) is 25.5 Å². The van der Waals surface area contributed by atoms with Crippen LogP contribution < -0.4 is 11.1 Å². The lowest BCUT2D eigenvalue weighted by Gasteiger charge is -2.23. The Hall–Kier alpha value is -1.55. The molecule has 0 unspecified atom stereocenters. The summed E-state index contributed by atoms with van der Waals surface area (Å²) in [6.45, 7) is 3.43. The van der Waals surface area contributed by atoms with Crippen molar-refractivity contribution in [2.75, 3.05) is 12.3 Å². The van der Waals surface area contributed by atoms with E-state index >= 15 is 0 Å². The van der Waals surface area contributed by atoms with Gasteiger partial charge in [-0.25, -0.2) is 0 Å². The van der Waals surface area contributed by atoms with Crippen LogP contribution >= 0.6 is 0 Å². The zero-order chi connectivity index (χ0) is 12.2. The molecule has 0 atom stereocenters. The van der Waals surface area contributed by atoms with Crippen molar-refractivity contribution in [2.45, 2.75) is 25.8 Å². The Morgan fingerprint density at radius 2 is 2.06 bits per heavy atom. The summed E-state index contributed by atoms with van der Waals surface area (Å²) in [7, 11) is 0. The highest BCUT2D eigenvalue weighted by Crippen LogP contribution is 2.11. The molecule has 0 saturated heterocycles. The van der Waals surface area contributed by atoms with E-state index in [2.05, 4.69) is 5.32 Å². The minimum absolute atomic E-state index is 0.0942. The van der Waals surface area contributed by atoms with Crippen LogP contribution in [0.5, 0.6) is 0 Å². The highest BCUT2D eigenvalue weighted by atomic mass is 16.3. The lowest BCUT2D eigenvalue weighted by molar-refractivity contribution is -0.122. The number of para-hydroxylation sites is 1. The first kappa shape index (κ1) is 12.5. The molecule has 4 N–H and O–H groups in total. The topological polar surface area (TPSA) is 75.3 Å². The molecule has 0 spiro atoms.